The largest absolute Gasteiger partial charge is 0.488 e. The van der Waals surface area contributed by atoms with E-state index in [2.05, 4.69) is 26.5 Å². The van der Waals surface area contributed by atoms with Crippen LogP contribution in [-0.4, -0.2) is 18.7 Å². The third kappa shape index (κ3) is 6.20. The standard InChI is InChI=1S/C27H23BrN2O3/c1-19-6-4-10-23(14-19)32-18-27(31)30-29-16-25-24-11-3-2-8-21(24)12-13-26(25)33-17-20-7-5-9-22(28)15-20/h2-16H,17-18H2,1H3,(H,30,31)/b29-16-. The molecule has 0 saturated carbocycles. The Kier molecular flexibility index (Phi) is 7.37. The molecule has 0 spiro atoms. The highest BCUT2D eigenvalue weighted by molar-refractivity contribution is 9.10. The van der Waals surface area contributed by atoms with Gasteiger partial charge in [0.15, 0.2) is 6.61 Å². The second-order valence-electron chi connectivity index (χ2n) is 7.52. The number of hydrogen-bond acceptors (Lipinski definition) is 4. The number of ether oxygens (including phenoxy) is 2. The first-order valence-corrected chi connectivity index (χ1v) is 11.3. The Balaban J connectivity index is 1.47. The molecular weight excluding hydrogens is 480 g/mol. The number of fused-ring (bicyclic) bond motifs is 1. The van der Waals surface area contributed by atoms with E-state index < -0.39 is 0 Å². The molecule has 0 aliphatic rings. The number of halogens is 1. The molecule has 166 valence electrons. The van der Waals surface area contributed by atoms with Crippen LogP contribution in [0.5, 0.6) is 11.5 Å². The van der Waals surface area contributed by atoms with Crippen molar-refractivity contribution in [3.8, 4) is 11.5 Å². The maximum atomic E-state index is 12.2. The molecule has 1 N–H and O–H groups in total. The number of hydrazone groups is 1. The monoisotopic (exact) mass is 502 g/mol. The Morgan fingerprint density at radius 2 is 1.82 bits per heavy atom. The van der Waals surface area contributed by atoms with E-state index in [1.807, 2.05) is 91.9 Å². The summed E-state index contributed by atoms with van der Waals surface area (Å²) < 4.78 is 12.6. The number of benzene rings is 4. The minimum absolute atomic E-state index is 0.122. The van der Waals surface area contributed by atoms with Gasteiger partial charge in [0, 0.05) is 10.0 Å². The molecule has 5 nitrogen and oxygen atoms in total. The summed E-state index contributed by atoms with van der Waals surface area (Å²) in [6, 6.07) is 27.4. The predicted octanol–water partition coefficient (Wildman–Crippen LogP) is 6.02. The smallest absolute Gasteiger partial charge is 0.277 e. The van der Waals surface area contributed by atoms with Gasteiger partial charge in [-0.05, 0) is 59.2 Å². The van der Waals surface area contributed by atoms with Gasteiger partial charge in [0.05, 0.1) is 6.21 Å². The zero-order chi connectivity index (χ0) is 23.0. The summed E-state index contributed by atoms with van der Waals surface area (Å²) in [5.41, 5.74) is 5.44. The number of amides is 1. The summed E-state index contributed by atoms with van der Waals surface area (Å²) in [5.74, 6) is 0.985. The molecule has 0 aliphatic heterocycles. The van der Waals surface area contributed by atoms with Crippen LogP contribution in [0.3, 0.4) is 0 Å². The van der Waals surface area contributed by atoms with Crippen LogP contribution in [0.15, 0.2) is 94.5 Å². The van der Waals surface area contributed by atoms with Gasteiger partial charge in [0.25, 0.3) is 5.91 Å². The number of rotatable bonds is 8. The van der Waals surface area contributed by atoms with Crippen molar-refractivity contribution in [1.29, 1.82) is 0 Å². The summed E-state index contributed by atoms with van der Waals surface area (Å²) in [6.45, 7) is 2.26. The number of hydrogen-bond donors (Lipinski definition) is 1. The lowest BCUT2D eigenvalue weighted by molar-refractivity contribution is -0.123. The lowest BCUT2D eigenvalue weighted by Crippen LogP contribution is -2.24. The van der Waals surface area contributed by atoms with E-state index in [0.717, 1.165) is 31.9 Å². The minimum atomic E-state index is -0.343. The molecule has 0 aromatic heterocycles. The Labute approximate surface area is 201 Å². The Morgan fingerprint density at radius 3 is 2.67 bits per heavy atom. The van der Waals surface area contributed by atoms with E-state index >= 15 is 0 Å². The van der Waals surface area contributed by atoms with E-state index in [-0.39, 0.29) is 12.5 Å². The number of nitrogens with zero attached hydrogens (tertiary/aromatic N) is 1. The molecule has 0 fully saturated rings. The first-order chi connectivity index (χ1) is 16.1. The van der Waals surface area contributed by atoms with Crippen molar-refractivity contribution in [1.82, 2.24) is 5.43 Å². The summed E-state index contributed by atoms with van der Waals surface area (Å²) in [7, 11) is 0. The molecule has 0 aliphatic carbocycles. The lowest BCUT2D eigenvalue weighted by atomic mass is 10.0. The van der Waals surface area contributed by atoms with Crippen LogP contribution in [-0.2, 0) is 11.4 Å². The number of nitrogens with one attached hydrogen (secondary N) is 1. The highest BCUT2D eigenvalue weighted by Crippen LogP contribution is 2.27. The average Bonchev–Trinajstić information content (AvgIpc) is 2.82. The quantitative estimate of drug-likeness (QED) is 0.236. The molecule has 4 aromatic carbocycles. The first kappa shape index (κ1) is 22.6. The van der Waals surface area contributed by atoms with Gasteiger partial charge in [-0.2, -0.15) is 5.10 Å². The second kappa shape index (κ2) is 10.8. The maximum Gasteiger partial charge on any atom is 0.277 e. The Morgan fingerprint density at radius 1 is 0.970 bits per heavy atom. The van der Waals surface area contributed by atoms with Gasteiger partial charge in [-0.15, -0.1) is 0 Å². The van der Waals surface area contributed by atoms with Crippen LogP contribution in [0.4, 0.5) is 0 Å². The van der Waals surface area contributed by atoms with Gasteiger partial charge in [0.1, 0.15) is 18.1 Å². The van der Waals surface area contributed by atoms with Crippen LogP contribution in [0, 0.1) is 6.92 Å². The third-order valence-electron chi connectivity index (χ3n) is 4.96. The molecule has 0 bridgehead atoms. The van der Waals surface area contributed by atoms with E-state index in [0.29, 0.717) is 18.1 Å². The zero-order valence-electron chi connectivity index (χ0n) is 18.1. The highest BCUT2D eigenvalue weighted by Gasteiger charge is 2.09. The zero-order valence-corrected chi connectivity index (χ0v) is 19.7. The van der Waals surface area contributed by atoms with Crippen LogP contribution < -0.4 is 14.9 Å². The van der Waals surface area contributed by atoms with Gasteiger partial charge >= 0.3 is 0 Å². The van der Waals surface area contributed by atoms with Gasteiger partial charge in [-0.3, -0.25) is 4.79 Å². The maximum absolute atomic E-state index is 12.2. The molecule has 0 radical (unpaired) electrons. The lowest BCUT2D eigenvalue weighted by Gasteiger charge is -2.12. The molecule has 4 aromatic rings. The van der Waals surface area contributed by atoms with Crippen molar-refractivity contribution < 1.29 is 14.3 Å². The number of carbonyl (C=O) groups is 1. The van der Waals surface area contributed by atoms with Crippen molar-refractivity contribution in [2.24, 2.45) is 5.10 Å². The molecule has 0 atom stereocenters. The fourth-order valence-corrected chi connectivity index (χ4v) is 3.82. The molecule has 6 heteroatoms. The molecule has 0 saturated heterocycles. The summed E-state index contributed by atoms with van der Waals surface area (Å²) >= 11 is 3.49. The minimum Gasteiger partial charge on any atom is -0.488 e. The fourth-order valence-electron chi connectivity index (χ4n) is 3.38. The molecule has 0 heterocycles. The van der Waals surface area contributed by atoms with Crippen LogP contribution >= 0.6 is 15.9 Å². The SMILES string of the molecule is Cc1cccc(OCC(=O)N/N=C\c2c(OCc3cccc(Br)c3)ccc3ccccc23)c1. The molecule has 4 rings (SSSR count). The summed E-state index contributed by atoms with van der Waals surface area (Å²) in [5, 5.41) is 6.20. The van der Waals surface area contributed by atoms with E-state index in [4.69, 9.17) is 9.47 Å². The highest BCUT2D eigenvalue weighted by atomic mass is 79.9. The van der Waals surface area contributed by atoms with Gasteiger partial charge in [-0.1, -0.05) is 70.5 Å². The van der Waals surface area contributed by atoms with E-state index in [1.54, 1.807) is 6.21 Å². The topological polar surface area (TPSA) is 59.9 Å². The van der Waals surface area contributed by atoms with Gasteiger partial charge in [0.2, 0.25) is 0 Å². The van der Waals surface area contributed by atoms with Gasteiger partial charge < -0.3 is 9.47 Å². The van der Waals surface area contributed by atoms with E-state index in [9.17, 15) is 4.79 Å². The number of aryl methyl sites for hydroxylation is 1. The van der Waals surface area contributed by atoms with Gasteiger partial charge in [-0.25, -0.2) is 5.43 Å². The normalized spacial score (nSPS) is 11.0. The second-order valence-corrected chi connectivity index (χ2v) is 8.43. The summed E-state index contributed by atoms with van der Waals surface area (Å²) in [6.07, 6.45) is 1.61. The van der Waals surface area contributed by atoms with Crippen LogP contribution in [0.2, 0.25) is 0 Å². The van der Waals surface area contributed by atoms with Crippen LogP contribution in [0.1, 0.15) is 16.7 Å². The predicted molar refractivity (Wildman–Crippen MR) is 135 cm³/mol. The van der Waals surface area contributed by atoms with E-state index in [1.165, 1.54) is 0 Å². The van der Waals surface area contributed by atoms with Crippen molar-refractivity contribution in [3.63, 3.8) is 0 Å². The fraction of sp³-hybridized carbons (Fsp3) is 0.111. The van der Waals surface area contributed by atoms with Crippen molar-refractivity contribution >= 4 is 38.8 Å². The first-order valence-electron chi connectivity index (χ1n) is 10.5. The Hall–Kier alpha value is -3.64. The summed E-state index contributed by atoms with van der Waals surface area (Å²) in [4.78, 5) is 12.2. The molecule has 0 unspecified atom stereocenters. The molecule has 1 amide bonds. The molecular formula is C27H23BrN2O3. The van der Waals surface area contributed by atoms with Crippen molar-refractivity contribution in [2.45, 2.75) is 13.5 Å². The van der Waals surface area contributed by atoms with Crippen molar-refractivity contribution in [3.05, 3.63) is 106 Å². The van der Waals surface area contributed by atoms with Crippen molar-refractivity contribution in [2.75, 3.05) is 6.61 Å². The molecule has 33 heavy (non-hydrogen) atoms. The third-order valence-corrected chi connectivity index (χ3v) is 5.45. The Bertz CT molecular complexity index is 1300. The number of carbonyl (C=O) groups excluding carboxylic acids is 1. The average molecular weight is 503 g/mol. The van der Waals surface area contributed by atoms with Crippen LogP contribution in [0.25, 0.3) is 10.8 Å².